The van der Waals surface area contributed by atoms with Crippen LogP contribution >= 0.6 is 15.9 Å². The Labute approximate surface area is 182 Å². The predicted octanol–water partition coefficient (Wildman–Crippen LogP) is 3.81. The highest BCUT2D eigenvalue weighted by atomic mass is 79.9. The van der Waals surface area contributed by atoms with E-state index in [0.29, 0.717) is 17.0 Å². The normalized spacial score (nSPS) is 12.8. The molecule has 2 amide bonds. The molecule has 0 unspecified atom stereocenters. The van der Waals surface area contributed by atoms with Gasteiger partial charge in [0.25, 0.3) is 5.91 Å². The summed E-state index contributed by atoms with van der Waals surface area (Å²) in [5.74, 6) is -0.598. The Bertz CT molecular complexity index is 872. The summed E-state index contributed by atoms with van der Waals surface area (Å²) in [6.07, 6.45) is 1.25. The molecule has 4 N–H and O–H groups in total. The van der Waals surface area contributed by atoms with Gasteiger partial charge in [0.15, 0.2) is 0 Å². The largest absolute Gasteiger partial charge is 0.491 e. The Morgan fingerprint density at radius 2 is 1.93 bits per heavy atom. The van der Waals surface area contributed by atoms with Gasteiger partial charge in [-0.2, -0.15) is 0 Å². The number of ether oxygens (including phenoxy) is 2. The first-order valence-electron chi connectivity index (χ1n) is 9.12. The van der Waals surface area contributed by atoms with Crippen molar-refractivity contribution < 1.29 is 29.4 Å². The van der Waals surface area contributed by atoms with Crippen molar-refractivity contribution in [1.82, 2.24) is 5.48 Å². The quantitative estimate of drug-likeness (QED) is 0.247. The second-order valence-electron chi connectivity index (χ2n) is 6.30. The van der Waals surface area contributed by atoms with Crippen LogP contribution in [0, 0.1) is 5.92 Å². The smallest absolute Gasteiger partial charge is 0.412 e. The fraction of sp³-hybridized carbons (Fsp3) is 0.238. The van der Waals surface area contributed by atoms with Gasteiger partial charge in [-0.1, -0.05) is 41.1 Å². The number of hydrogen-bond donors (Lipinski definition) is 4. The third kappa shape index (κ3) is 7.51. The van der Waals surface area contributed by atoms with Crippen LogP contribution in [-0.2, 0) is 9.53 Å². The van der Waals surface area contributed by atoms with Crippen molar-refractivity contribution in [3.8, 4) is 5.75 Å². The molecule has 30 heavy (non-hydrogen) atoms. The first-order chi connectivity index (χ1) is 14.4. The second kappa shape index (κ2) is 12.0. The van der Waals surface area contributed by atoms with E-state index in [1.807, 2.05) is 0 Å². The number of carbonyl (C=O) groups is 2. The maximum atomic E-state index is 12.5. The Kier molecular flexibility index (Phi) is 9.33. The molecule has 0 radical (unpaired) electrons. The molecule has 0 fully saturated rings. The van der Waals surface area contributed by atoms with Crippen LogP contribution in [0.5, 0.6) is 5.75 Å². The van der Waals surface area contributed by atoms with Gasteiger partial charge < -0.3 is 14.6 Å². The monoisotopic (exact) mass is 478 g/mol. The Balaban J connectivity index is 2.21. The van der Waals surface area contributed by atoms with Gasteiger partial charge in [0.2, 0.25) is 0 Å². The number of aliphatic hydroxyl groups is 1. The van der Waals surface area contributed by atoms with Crippen molar-refractivity contribution in [2.75, 3.05) is 18.5 Å². The number of hydroxylamine groups is 1. The summed E-state index contributed by atoms with van der Waals surface area (Å²) >= 11 is 3.33. The lowest BCUT2D eigenvalue weighted by Crippen LogP contribution is -2.22. The third-order valence-corrected chi connectivity index (χ3v) is 4.54. The topological polar surface area (TPSA) is 117 Å². The van der Waals surface area contributed by atoms with Crippen LogP contribution in [0.15, 0.2) is 65.2 Å². The highest BCUT2D eigenvalue weighted by molar-refractivity contribution is 9.10. The van der Waals surface area contributed by atoms with E-state index < -0.39 is 24.0 Å². The van der Waals surface area contributed by atoms with Gasteiger partial charge in [-0.05, 0) is 42.0 Å². The average molecular weight is 479 g/mol. The molecule has 2 aromatic carbocycles. The molecule has 0 saturated carbocycles. The zero-order valence-electron chi connectivity index (χ0n) is 16.2. The first-order valence-corrected chi connectivity index (χ1v) is 9.91. The van der Waals surface area contributed by atoms with Crippen LogP contribution in [0.3, 0.4) is 0 Å². The number of aliphatic hydroxyl groups excluding tert-OH is 1. The minimum Gasteiger partial charge on any atom is -0.491 e. The molecule has 2 rings (SSSR count). The van der Waals surface area contributed by atoms with Crippen molar-refractivity contribution in [2.45, 2.75) is 13.0 Å². The Morgan fingerprint density at radius 1 is 1.20 bits per heavy atom. The van der Waals surface area contributed by atoms with Crippen LogP contribution in [0.1, 0.15) is 18.6 Å². The van der Waals surface area contributed by atoms with Crippen LogP contribution < -0.4 is 15.5 Å². The summed E-state index contributed by atoms with van der Waals surface area (Å²) < 4.78 is 11.9. The molecule has 2 atom stereocenters. The minimum atomic E-state index is -0.749. The molecule has 8 nitrogen and oxygen atoms in total. The fourth-order valence-corrected chi connectivity index (χ4v) is 2.86. The van der Waals surface area contributed by atoms with Crippen molar-refractivity contribution in [1.29, 1.82) is 0 Å². The second-order valence-corrected chi connectivity index (χ2v) is 7.21. The number of rotatable bonds is 9. The Morgan fingerprint density at radius 3 is 2.60 bits per heavy atom. The summed E-state index contributed by atoms with van der Waals surface area (Å²) in [7, 11) is 0. The molecule has 0 saturated heterocycles. The van der Waals surface area contributed by atoms with Gasteiger partial charge in [0.05, 0.1) is 6.61 Å². The minimum absolute atomic E-state index is 0.130. The first kappa shape index (κ1) is 23.4. The van der Waals surface area contributed by atoms with Gasteiger partial charge in [0.1, 0.15) is 18.5 Å². The van der Waals surface area contributed by atoms with Gasteiger partial charge in [0, 0.05) is 22.2 Å². The van der Waals surface area contributed by atoms with Crippen molar-refractivity contribution in [3.63, 3.8) is 0 Å². The zero-order chi connectivity index (χ0) is 21.9. The van der Waals surface area contributed by atoms with Gasteiger partial charge >= 0.3 is 6.09 Å². The number of carbonyl (C=O) groups excluding carboxylic acids is 2. The molecule has 0 aliphatic rings. The van der Waals surface area contributed by atoms with Crippen LogP contribution in [-0.4, -0.2) is 35.5 Å². The summed E-state index contributed by atoms with van der Waals surface area (Å²) in [6.45, 7) is 1.76. The lowest BCUT2D eigenvalue weighted by atomic mass is 9.96. The van der Waals surface area contributed by atoms with Crippen LogP contribution in [0.25, 0.3) is 0 Å². The van der Waals surface area contributed by atoms with E-state index in [1.165, 1.54) is 11.6 Å². The summed E-state index contributed by atoms with van der Waals surface area (Å²) in [5, 5.41) is 20.3. The highest BCUT2D eigenvalue weighted by Gasteiger charge is 2.23. The van der Waals surface area contributed by atoms with Crippen LogP contribution in [0.2, 0.25) is 0 Å². The lowest BCUT2D eigenvalue weighted by Gasteiger charge is -2.23. The van der Waals surface area contributed by atoms with Crippen molar-refractivity contribution in [2.24, 2.45) is 5.92 Å². The number of benzene rings is 2. The average Bonchev–Trinajstić information content (AvgIpc) is 2.75. The lowest BCUT2D eigenvalue weighted by molar-refractivity contribution is -0.124. The molecule has 0 aliphatic heterocycles. The molecule has 2 aromatic rings. The Hall–Kier alpha value is -2.88. The molecule has 0 aliphatic carbocycles. The number of hydrogen-bond acceptors (Lipinski definition) is 6. The van der Waals surface area contributed by atoms with E-state index in [2.05, 4.69) is 21.2 Å². The number of anilines is 1. The van der Waals surface area contributed by atoms with Gasteiger partial charge in [-0.25, -0.2) is 10.3 Å². The van der Waals surface area contributed by atoms with Gasteiger partial charge in [-0.15, -0.1) is 0 Å². The maximum Gasteiger partial charge on any atom is 0.412 e. The standard InChI is InChI=1S/C21H23BrN2O6/c1-14(5-10-19(26)24-28)20(15-3-2-4-18(13-15)29-12-11-25)30-21(27)23-17-8-6-16(22)7-9-17/h2-10,13-14,20,25,28H,11-12H2,1H3,(H,23,27)(H,24,26)/b10-5+/t14-,20+/m1/s1. The SMILES string of the molecule is C[C@H](/C=C/C(=O)NO)[C@H](OC(=O)Nc1ccc(Br)cc1)c1cccc(OCCO)c1. The molecular weight excluding hydrogens is 456 g/mol. The van der Waals surface area contributed by atoms with Crippen molar-refractivity contribution in [3.05, 3.63) is 70.7 Å². The molecule has 0 bridgehead atoms. The molecule has 9 heteroatoms. The highest BCUT2D eigenvalue weighted by Crippen LogP contribution is 2.30. The number of amides is 2. The van der Waals surface area contributed by atoms with E-state index in [1.54, 1.807) is 55.5 Å². The van der Waals surface area contributed by atoms with E-state index in [-0.39, 0.29) is 13.2 Å². The fourth-order valence-electron chi connectivity index (χ4n) is 2.60. The van der Waals surface area contributed by atoms with Crippen molar-refractivity contribution >= 4 is 33.6 Å². The maximum absolute atomic E-state index is 12.5. The summed E-state index contributed by atoms with van der Waals surface area (Å²) in [6, 6.07) is 13.9. The molecule has 0 spiro atoms. The molecule has 0 heterocycles. The molecule has 0 aromatic heterocycles. The number of halogens is 1. The molecule has 160 valence electrons. The van der Waals surface area contributed by atoms with Gasteiger partial charge in [-0.3, -0.25) is 15.3 Å². The predicted molar refractivity (Wildman–Crippen MR) is 114 cm³/mol. The van der Waals surface area contributed by atoms with Crippen LogP contribution in [0.4, 0.5) is 10.5 Å². The van der Waals surface area contributed by atoms with E-state index >= 15 is 0 Å². The van der Waals surface area contributed by atoms with E-state index in [9.17, 15) is 9.59 Å². The van der Waals surface area contributed by atoms with E-state index in [0.717, 1.165) is 10.5 Å². The van der Waals surface area contributed by atoms with E-state index in [4.69, 9.17) is 19.8 Å². The third-order valence-electron chi connectivity index (χ3n) is 4.01. The summed E-state index contributed by atoms with van der Waals surface area (Å²) in [5.41, 5.74) is 2.71. The zero-order valence-corrected chi connectivity index (χ0v) is 17.8. The molecular formula is C21H23BrN2O6. The summed E-state index contributed by atoms with van der Waals surface area (Å²) in [4.78, 5) is 23.8. The number of nitrogens with one attached hydrogen (secondary N) is 2.